The van der Waals surface area contributed by atoms with Crippen LogP contribution in [-0.4, -0.2) is 50.6 Å². The molecule has 0 aliphatic carbocycles. The second-order valence-electron chi connectivity index (χ2n) is 10.6. The van der Waals surface area contributed by atoms with Crippen LogP contribution < -0.4 is 5.73 Å². The lowest BCUT2D eigenvalue weighted by molar-refractivity contribution is 0.0228. The van der Waals surface area contributed by atoms with Crippen LogP contribution in [0.4, 0.5) is 4.79 Å². The molecule has 0 aromatic carbocycles. The zero-order chi connectivity index (χ0) is 21.5. The quantitative estimate of drug-likeness (QED) is 0.392. The van der Waals surface area contributed by atoms with E-state index in [4.69, 9.17) is 14.9 Å². The van der Waals surface area contributed by atoms with Crippen molar-refractivity contribution in [3.63, 3.8) is 0 Å². The van der Waals surface area contributed by atoms with E-state index < -0.39 is 13.9 Å². The van der Waals surface area contributed by atoms with E-state index in [1.54, 1.807) is 4.90 Å². The van der Waals surface area contributed by atoms with Gasteiger partial charge in [0, 0.05) is 25.7 Å². The Morgan fingerprint density at radius 2 is 1.63 bits per heavy atom. The number of amides is 1. The van der Waals surface area contributed by atoms with Crippen molar-refractivity contribution in [2.24, 2.45) is 11.7 Å². The summed E-state index contributed by atoms with van der Waals surface area (Å²) in [5, 5.41) is 0.192. The number of rotatable bonds is 10. The topological polar surface area (TPSA) is 64.8 Å². The summed E-state index contributed by atoms with van der Waals surface area (Å²) in [4.78, 5) is 14.4. The van der Waals surface area contributed by atoms with E-state index in [2.05, 4.69) is 47.7 Å². The second kappa shape index (κ2) is 10.8. The molecule has 0 rings (SSSR count). The van der Waals surface area contributed by atoms with E-state index in [1.807, 2.05) is 20.8 Å². The van der Waals surface area contributed by atoms with Gasteiger partial charge in [-0.25, -0.2) is 4.79 Å². The Morgan fingerprint density at radius 1 is 1.07 bits per heavy atom. The van der Waals surface area contributed by atoms with Crippen molar-refractivity contribution in [3.05, 3.63) is 0 Å². The Balaban J connectivity index is 4.73. The standard InChI is InChI=1S/C21H46N2O3Si/c1-17(2)12-13-18(22)16-23(19(24)26-20(3,4)5)14-11-15-25-27(9,10)21(6,7)8/h17-18H,11-16,22H2,1-10H3/t18-/m1/s1. The average Bonchev–Trinajstić information content (AvgIpc) is 2.45. The summed E-state index contributed by atoms with van der Waals surface area (Å²) in [6, 6.07) is -0.0266. The molecule has 0 radical (unpaired) electrons. The van der Waals surface area contributed by atoms with Crippen LogP contribution in [0.1, 0.15) is 74.7 Å². The number of nitrogens with zero attached hydrogens (tertiary/aromatic N) is 1. The van der Waals surface area contributed by atoms with Gasteiger partial charge in [0.25, 0.3) is 0 Å². The lowest BCUT2D eigenvalue weighted by Crippen LogP contribution is -2.45. The SMILES string of the molecule is CC(C)CC[C@@H](N)CN(CCCO[Si](C)(C)C(C)(C)C)C(=O)OC(C)(C)C. The molecule has 0 heterocycles. The summed E-state index contributed by atoms with van der Waals surface area (Å²) in [5.74, 6) is 0.615. The van der Waals surface area contributed by atoms with Crippen LogP contribution >= 0.6 is 0 Å². The van der Waals surface area contributed by atoms with Gasteiger partial charge in [-0.3, -0.25) is 0 Å². The molecular formula is C21H46N2O3Si. The first-order valence-corrected chi connectivity index (χ1v) is 13.3. The molecular weight excluding hydrogens is 356 g/mol. The third-order valence-electron chi connectivity index (χ3n) is 5.06. The first kappa shape index (κ1) is 26.4. The van der Waals surface area contributed by atoms with E-state index in [1.165, 1.54) is 0 Å². The lowest BCUT2D eigenvalue weighted by atomic mass is 10.0. The number of carbonyl (C=O) groups excluding carboxylic acids is 1. The maximum Gasteiger partial charge on any atom is 0.410 e. The highest BCUT2D eigenvalue weighted by Gasteiger charge is 2.37. The zero-order valence-corrected chi connectivity index (χ0v) is 20.6. The molecule has 6 heteroatoms. The molecule has 0 bridgehead atoms. The second-order valence-corrected chi connectivity index (χ2v) is 15.4. The van der Waals surface area contributed by atoms with Crippen molar-refractivity contribution in [1.29, 1.82) is 0 Å². The van der Waals surface area contributed by atoms with E-state index in [9.17, 15) is 4.79 Å². The minimum Gasteiger partial charge on any atom is -0.444 e. The van der Waals surface area contributed by atoms with Crippen LogP contribution in [0.5, 0.6) is 0 Å². The molecule has 0 unspecified atom stereocenters. The summed E-state index contributed by atoms with van der Waals surface area (Å²) in [5.41, 5.74) is 5.78. The summed E-state index contributed by atoms with van der Waals surface area (Å²) in [6.07, 6.45) is 2.49. The molecule has 2 N–H and O–H groups in total. The molecule has 1 atom stereocenters. The van der Waals surface area contributed by atoms with Crippen LogP contribution in [0.2, 0.25) is 18.1 Å². The molecule has 0 aromatic heterocycles. The number of carbonyl (C=O) groups is 1. The van der Waals surface area contributed by atoms with Crippen LogP contribution in [0.25, 0.3) is 0 Å². The summed E-state index contributed by atoms with van der Waals surface area (Å²) in [7, 11) is -1.76. The molecule has 0 spiro atoms. The molecule has 162 valence electrons. The highest BCUT2D eigenvalue weighted by atomic mass is 28.4. The average molecular weight is 403 g/mol. The minimum absolute atomic E-state index is 0.0266. The third-order valence-corrected chi connectivity index (χ3v) is 9.60. The normalized spacial score (nSPS) is 14.4. The van der Waals surface area contributed by atoms with Gasteiger partial charge >= 0.3 is 6.09 Å². The molecule has 0 aromatic rings. The fraction of sp³-hybridized carbons (Fsp3) is 0.952. The monoisotopic (exact) mass is 402 g/mol. The number of nitrogens with two attached hydrogens (primary N) is 1. The van der Waals surface area contributed by atoms with Gasteiger partial charge in [-0.2, -0.15) is 0 Å². The smallest absolute Gasteiger partial charge is 0.410 e. The maximum atomic E-state index is 12.6. The van der Waals surface area contributed by atoms with Gasteiger partial charge < -0.3 is 19.8 Å². The van der Waals surface area contributed by atoms with E-state index in [0.29, 0.717) is 25.6 Å². The van der Waals surface area contributed by atoms with Crippen molar-refractivity contribution in [3.8, 4) is 0 Å². The number of ether oxygens (including phenoxy) is 1. The molecule has 5 nitrogen and oxygen atoms in total. The Morgan fingerprint density at radius 3 is 2.07 bits per heavy atom. The van der Waals surface area contributed by atoms with Gasteiger partial charge in [-0.1, -0.05) is 34.6 Å². The first-order valence-electron chi connectivity index (χ1n) is 10.4. The van der Waals surface area contributed by atoms with E-state index in [-0.39, 0.29) is 17.2 Å². The predicted molar refractivity (Wildman–Crippen MR) is 118 cm³/mol. The fourth-order valence-corrected chi connectivity index (χ4v) is 3.39. The summed E-state index contributed by atoms with van der Waals surface area (Å²) < 4.78 is 11.8. The van der Waals surface area contributed by atoms with Crippen molar-refractivity contribution >= 4 is 14.4 Å². The van der Waals surface area contributed by atoms with Crippen molar-refractivity contribution in [2.75, 3.05) is 19.7 Å². The molecule has 0 fully saturated rings. The molecule has 1 amide bonds. The van der Waals surface area contributed by atoms with Crippen LogP contribution in [0.15, 0.2) is 0 Å². The molecule has 0 aliphatic heterocycles. The van der Waals surface area contributed by atoms with Crippen LogP contribution in [-0.2, 0) is 9.16 Å². The van der Waals surface area contributed by atoms with Gasteiger partial charge in [-0.05, 0) is 64.1 Å². The highest BCUT2D eigenvalue weighted by Crippen LogP contribution is 2.36. The maximum absolute atomic E-state index is 12.6. The zero-order valence-electron chi connectivity index (χ0n) is 19.6. The minimum atomic E-state index is -1.76. The van der Waals surface area contributed by atoms with Gasteiger partial charge in [0.1, 0.15) is 5.60 Å². The number of hydrogen-bond acceptors (Lipinski definition) is 4. The predicted octanol–water partition coefficient (Wildman–Crippen LogP) is 5.40. The van der Waals surface area contributed by atoms with Gasteiger partial charge in [-0.15, -0.1) is 0 Å². The van der Waals surface area contributed by atoms with Crippen molar-refractivity contribution in [1.82, 2.24) is 4.90 Å². The molecule has 0 saturated carbocycles. The molecule has 27 heavy (non-hydrogen) atoms. The molecule has 0 saturated heterocycles. The van der Waals surface area contributed by atoms with Crippen LogP contribution in [0.3, 0.4) is 0 Å². The van der Waals surface area contributed by atoms with E-state index in [0.717, 1.165) is 19.3 Å². The highest BCUT2D eigenvalue weighted by molar-refractivity contribution is 6.74. The Bertz CT molecular complexity index is 440. The van der Waals surface area contributed by atoms with Crippen molar-refractivity contribution < 1.29 is 14.0 Å². The first-order chi connectivity index (χ1) is 12.0. The summed E-state index contributed by atoms with van der Waals surface area (Å²) >= 11 is 0. The van der Waals surface area contributed by atoms with Gasteiger partial charge in [0.05, 0.1) is 0 Å². The molecule has 0 aliphatic rings. The third kappa shape index (κ3) is 11.8. The Hall–Kier alpha value is -0.593. The fourth-order valence-electron chi connectivity index (χ4n) is 2.30. The van der Waals surface area contributed by atoms with Gasteiger partial charge in [0.15, 0.2) is 8.32 Å². The summed E-state index contributed by atoms with van der Waals surface area (Å²) in [6.45, 7) is 23.1. The van der Waals surface area contributed by atoms with E-state index >= 15 is 0 Å². The lowest BCUT2D eigenvalue weighted by Gasteiger charge is -2.36. The Kier molecular flexibility index (Phi) is 10.6. The Labute approximate surface area is 169 Å². The van der Waals surface area contributed by atoms with Gasteiger partial charge in [0.2, 0.25) is 0 Å². The van der Waals surface area contributed by atoms with Crippen LogP contribution in [0, 0.1) is 5.92 Å². The van der Waals surface area contributed by atoms with Crippen molar-refractivity contribution in [2.45, 2.75) is 104 Å². The largest absolute Gasteiger partial charge is 0.444 e. The number of hydrogen-bond donors (Lipinski definition) is 1.